The molecule has 0 radical (unpaired) electrons. The van der Waals surface area contributed by atoms with Gasteiger partial charge in [-0.2, -0.15) is 13.2 Å². The Morgan fingerprint density at radius 2 is 1.43 bits per heavy atom. The topological polar surface area (TPSA) is 46.9 Å². The van der Waals surface area contributed by atoms with Crippen LogP contribution in [0.3, 0.4) is 0 Å². The first-order valence-corrected chi connectivity index (χ1v) is 7.73. The van der Waals surface area contributed by atoms with Crippen LogP contribution in [0.4, 0.5) is 13.2 Å². The standard InChI is InChI=1S/C16H23F3N2O2/c1-12(22)10-20-6-8-21(9-7-20)11-15(23)13-2-4-14(5-3-13)16(17,18)19/h2-5,12,15,22-23H,6-11H2,1H3/t12-,15+/m1/s1. The number of alkyl halides is 3. The Hall–Kier alpha value is -1.15. The molecule has 2 rings (SSSR count). The summed E-state index contributed by atoms with van der Waals surface area (Å²) in [5.74, 6) is 0. The lowest BCUT2D eigenvalue weighted by Crippen LogP contribution is -2.49. The van der Waals surface area contributed by atoms with Gasteiger partial charge in [-0.05, 0) is 24.6 Å². The number of hydrogen-bond donors (Lipinski definition) is 2. The Balaban J connectivity index is 1.84. The van der Waals surface area contributed by atoms with Gasteiger partial charge in [-0.15, -0.1) is 0 Å². The lowest BCUT2D eigenvalue weighted by molar-refractivity contribution is -0.137. The molecule has 7 heteroatoms. The molecule has 0 spiro atoms. The van der Waals surface area contributed by atoms with Gasteiger partial charge in [0.25, 0.3) is 0 Å². The van der Waals surface area contributed by atoms with E-state index in [-0.39, 0.29) is 6.10 Å². The molecule has 1 fully saturated rings. The second-order valence-corrected chi connectivity index (χ2v) is 6.09. The van der Waals surface area contributed by atoms with Gasteiger partial charge in [0.1, 0.15) is 0 Å². The van der Waals surface area contributed by atoms with Crippen molar-refractivity contribution in [2.24, 2.45) is 0 Å². The summed E-state index contributed by atoms with van der Waals surface area (Å²) in [5, 5.41) is 19.6. The van der Waals surface area contributed by atoms with Gasteiger partial charge in [-0.25, -0.2) is 0 Å². The van der Waals surface area contributed by atoms with E-state index in [1.807, 2.05) is 0 Å². The van der Waals surface area contributed by atoms with Crippen LogP contribution in [0.15, 0.2) is 24.3 Å². The van der Waals surface area contributed by atoms with E-state index < -0.39 is 17.8 Å². The zero-order valence-electron chi connectivity index (χ0n) is 13.1. The fourth-order valence-corrected chi connectivity index (χ4v) is 2.77. The quantitative estimate of drug-likeness (QED) is 0.862. The van der Waals surface area contributed by atoms with Crippen LogP contribution < -0.4 is 0 Å². The molecule has 1 aliphatic rings. The smallest absolute Gasteiger partial charge is 0.392 e. The number of rotatable bonds is 5. The van der Waals surface area contributed by atoms with Crippen molar-refractivity contribution in [2.75, 3.05) is 39.3 Å². The summed E-state index contributed by atoms with van der Waals surface area (Å²) in [5.41, 5.74) is -0.218. The lowest BCUT2D eigenvalue weighted by atomic mass is 10.1. The number of β-amino-alcohol motifs (C(OH)–C–C–N with tert-alkyl or cyclic N) is 2. The van der Waals surface area contributed by atoms with E-state index in [9.17, 15) is 23.4 Å². The fourth-order valence-electron chi connectivity index (χ4n) is 2.77. The van der Waals surface area contributed by atoms with Crippen molar-refractivity contribution in [3.8, 4) is 0 Å². The maximum atomic E-state index is 12.5. The number of nitrogens with zero attached hydrogens (tertiary/aromatic N) is 2. The van der Waals surface area contributed by atoms with Crippen LogP contribution in [0, 0.1) is 0 Å². The van der Waals surface area contributed by atoms with Gasteiger partial charge in [0.15, 0.2) is 0 Å². The van der Waals surface area contributed by atoms with E-state index in [4.69, 9.17) is 0 Å². The molecule has 130 valence electrons. The number of hydrogen-bond acceptors (Lipinski definition) is 4. The van der Waals surface area contributed by atoms with E-state index in [1.165, 1.54) is 12.1 Å². The Bertz CT molecular complexity index is 483. The number of aliphatic hydroxyl groups excluding tert-OH is 2. The van der Waals surface area contributed by atoms with Gasteiger partial charge in [0.2, 0.25) is 0 Å². The van der Waals surface area contributed by atoms with Crippen LogP contribution in [0.5, 0.6) is 0 Å². The van der Waals surface area contributed by atoms with E-state index in [1.54, 1.807) is 6.92 Å². The second kappa shape index (κ2) is 7.61. The second-order valence-electron chi connectivity index (χ2n) is 6.09. The fraction of sp³-hybridized carbons (Fsp3) is 0.625. The number of halogens is 3. The minimum absolute atomic E-state index is 0.362. The van der Waals surface area contributed by atoms with Crippen molar-refractivity contribution >= 4 is 0 Å². The predicted octanol–water partition coefficient (Wildman–Crippen LogP) is 1.74. The maximum Gasteiger partial charge on any atom is 0.416 e. The van der Waals surface area contributed by atoms with Crippen LogP contribution in [-0.2, 0) is 6.18 Å². The third kappa shape index (κ3) is 5.46. The highest BCUT2D eigenvalue weighted by Crippen LogP contribution is 2.30. The van der Waals surface area contributed by atoms with Crippen LogP contribution in [0.25, 0.3) is 0 Å². The SMILES string of the molecule is C[C@@H](O)CN1CCN(C[C@H](O)c2ccc(C(F)(F)F)cc2)CC1. The molecule has 1 aliphatic heterocycles. The molecule has 0 saturated carbocycles. The molecular formula is C16H23F3N2O2. The molecule has 0 aromatic heterocycles. The first-order valence-electron chi connectivity index (χ1n) is 7.73. The van der Waals surface area contributed by atoms with Gasteiger partial charge >= 0.3 is 6.18 Å². The molecular weight excluding hydrogens is 309 g/mol. The molecule has 2 atom stereocenters. The number of benzene rings is 1. The highest BCUT2D eigenvalue weighted by atomic mass is 19.4. The van der Waals surface area contributed by atoms with Crippen molar-refractivity contribution in [1.29, 1.82) is 0 Å². The zero-order chi connectivity index (χ0) is 17.0. The van der Waals surface area contributed by atoms with Crippen molar-refractivity contribution in [3.63, 3.8) is 0 Å². The predicted molar refractivity (Wildman–Crippen MR) is 81.0 cm³/mol. The van der Waals surface area contributed by atoms with Crippen LogP contribution >= 0.6 is 0 Å². The van der Waals surface area contributed by atoms with Crippen LogP contribution in [0.1, 0.15) is 24.2 Å². The van der Waals surface area contributed by atoms with Gasteiger partial charge < -0.3 is 10.2 Å². The van der Waals surface area contributed by atoms with Crippen molar-refractivity contribution < 1.29 is 23.4 Å². The zero-order valence-corrected chi connectivity index (χ0v) is 13.1. The van der Waals surface area contributed by atoms with Crippen LogP contribution in [0.2, 0.25) is 0 Å². The van der Waals surface area contributed by atoms with E-state index in [0.717, 1.165) is 38.3 Å². The molecule has 0 unspecified atom stereocenters. The first kappa shape index (κ1) is 18.2. The summed E-state index contributed by atoms with van der Waals surface area (Å²) < 4.78 is 37.6. The molecule has 1 saturated heterocycles. The highest BCUT2D eigenvalue weighted by Gasteiger charge is 2.30. The number of piperazine rings is 1. The lowest BCUT2D eigenvalue weighted by Gasteiger charge is -2.36. The molecule has 1 aromatic rings. The van der Waals surface area contributed by atoms with Crippen molar-refractivity contribution in [3.05, 3.63) is 35.4 Å². The molecule has 1 aromatic carbocycles. The normalized spacial score (nSPS) is 20.4. The molecule has 0 aliphatic carbocycles. The third-order valence-electron chi connectivity index (χ3n) is 4.04. The monoisotopic (exact) mass is 332 g/mol. The maximum absolute atomic E-state index is 12.5. The Labute approximate surface area is 134 Å². The van der Waals surface area contributed by atoms with Gasteiger partial charge in [-0.1, -0.05) is 12.1 Å². The Morgan fingerprint density at radius 3 is 1.87 bits per heavy atom. The minimum atomic E-state index is -4.36. The summed E-state index contributed by atoms with van der Waals surface area (Å²) in [4.78, 5) is 4.24. The van der Waals surface area contributed by atoms with E-state index in [0.29, 0.717) is 18.7 Å². The van der Waals surface area contributed by atoms with Gasteiger partial charge in [0.05, 0.1) is 17.8 Å². The highest BCUT2D eigenvalue weighted by molar-refractivity contribution is 5.26. The van der Waals surface area contributed by atoms with Crippen LogP contribution in [-0.4, -0.2) is 65.4 Å². The average molecular weight is 332 g/mol. The molecule has 4 nitrogen and oxygen atoms in total. The third-order valence-corrected chi connectivity index (χ3v) is 4.04. The average Bonchev–Trinajstić information content (AvgIpc) is 2.48. The van der Waals surface area contributed by atoms with Crippen molar-refractivity contribution in [2.45, 2.75) is 25.3 Å². The molecule has 2 N–H and O–H groups in total. The first-order chi connectivity index (χ1) is 10.8. The summed E-state index contributed by atoms with van der Waals surface area (Å²) >= 11 is 0. The largest absolute Gasteiger partial charge is 0.416 e. The summed E-state index contributed by atoms with van der Waals surface area (Å²) in [6.07, 6.45) is -5.52. The summed E-state index contributed by atoms with van der Waals surface area (Å²) in [7, 11) is 0. The molecule has 0 amide bonds. The Morgan fingerprint density at radius 1 is 0.957 bits per heavy atom. The number of aliphatic hydroxyl groups is 2. The summed E-state index contributed by atoms with van der Waals surface area (Å²) in [6, 6.07) is 4.66. The van der Waals surface area contributed by atoms with E-state index >= 15 is 0 Å². The van der Waals surface area contributed by atoms with Gasteiger partial charge in [-0.3, -0.25) is 9.80 Å². The van der Waals surface area contributed by atoms with E-state index in [2.05, 4.69) is 9.80 Å². The van der Waals surface area contributed by atoms with Gasteiger partial charge in [0, 0.05) is 39.3 Å². The molecule has 23 heavy (non-hydrogen) atoms. The Kier molecular flexibility index (Phi) is 6.02. The summed E-state index contributed by atoms with van der Waals surface area (Å²) in [6.45, 7) is 5.94. The van der Waals surface area contributed by atoms with Crippen molar-refractivity contribution in [1.82, 2.24) is 9.80 Å². The minimum Gasteiger partial charge on any atom is -0.392 e. The molecule has 0 bridgehead atoms. The molecule has 1 heterocycles.